The first-order valence-corrected chi connectivity index (χ1v) is 8.12. The summed E-state index contributed by atoms with van der Waals surface area (Å²) in [6, 6.07) is 8.22. The molecule has 2 aromatic carbocycles. The van der Waals surface area contributed by atoms with E-state index in [0.29, 0.717) is 11.5 Å². The Balaban J connectivity index is 2.15. The lowest BCUT2D eigenvalue weighted by Gasteiger charge is -2.22. The number of halogens is 2. The maximum absolute atomic E-state index is 14.0. The number of benzene rings is 2. The minimum absolute atomic E-state index is 0.0343. The molecule has 0 unspecified atom stereocenters. The summed E-state index contributed by atoms with van der Waals surface area (Å²) in [5, 5.41) is 2.60. The SMILES string of the molecule is COc1cccc(OC)c1C(=O)NCCN(C(C)=O)c1c(F)cccc1F. The van der Waals surface area contributed by atoms with Crippen LogP contribution in [-0.4, -0.2) is 39.1 Å². The van der Waals surface area contributed by atoms with Gasteiger partial charge in [0.2, 0.25) is 5.91 Å². The van der Waals surface area contributed by atoms with E-state index in [2.05, 4.69) is 5.32 Å². The molecule has 0 saturated heterocycles. The summed E-state index contributed by atoms with van der Waals surface area (Å²) >= 11 is 0. The molecule has 0 bridgehead atoms. The van der Waals surface area contributed by atoms with Crippen molar-refractivity contribution in [1.82, 2.24) is 5.32 Å². The largest absolute Gasteiger partial charge is 0.496 e. The van der Waals surface area contributed by atoms with Gasteiger partial charge in [-0.2, -0.15) is 0 Å². The van der Waals surface area contributed by atoms with Gasteiger partial charge in [-0.25, -0.2) is 8.78 Å². The van der Waals surface area contributed by atoms with Crippen molar-refractivity contribution >= 4 is 17.5 Å². The molecule has 27 heavy (non-hydrogen) atoms. The molecule has 2 aromatic rings. The van der Waals surface area contributed by atoms with Gasteiger partial charge in [0.25, 0.3) is 5.91 Å². The van der Waals surface area contributed by atoms with Gasteiger partial charge >= 0.3 is 0 Å². The zero-order valence-corrected chi connectivity index (χ0v) is 15.2. The summed E-state index contributed by atoms with van der Waals surface area (Å²) in [4.78, 5) is 25.3. The zero-order chi connectivity index (χ0) is 20.0. The molecule has 0 radical (unpaired) electrons. The standard InChI is InChI=1S/C19H20F2N2O4/c1-12(24)23(18-13(20)6-4-7-14(18)21)11-10-22-19(25)17-15(26-2)8-5-9-16(17)27-3/h4-9H,10-11H2,1-3H3,(H,22,25). The van der Waals surface area contributed by atoms with Crippen LogP contribution in [0.25, 0.3) is 0 Å². The Morgan fingerprint density at radius 3 is 2.00 bits per heavy atom. The van der Waals surface area contributed by atoms with E-state index in [1.54, 1.807) is 18.2 Å². The van der Waals surface area contributed by atoms with Crippen molar-refractivity contribution in [2.24, 2.45) is 0 Å². The molecule has 2 rings (SSSR count). The van der Waals surface area contributed by atoms with E-state index in [0.717, 1.165) is 17.0 Å². The summed E-state index contributed by atoms with van der Waals surface area (Å²) < 4.78 is 38.3. The molecule has 0 spiro atoms. The predicted octanol–water partition coefficient (Wildman–Crippen LogP) is 2.76. The number of ether oxygens (including phenoxy) is 2. The van der Waals surface area contributed by atoms with Crippen molar-refractivity contribution < 1.29 is 27.8 Å². The molecule has 2 amide bonds. The van der Waals surface area contributed by atoms with Crippen LogP contribution >= 0.6 is 0 Å². The van der Waals surface area contributed by atoms with Crippen LogP contribution in [0.3, 0.4) is 0 Å². The van der Waals surface area contributed by atoms with Crippen LogP contribution in [0.4, 0.5) is 14.5 Å². The number of anilines is 1. The quantitative estimate of drug-likeness (QED) is 0.805. The van der Waals surface area contributed by atoms with Crippen LogP contribution in [0.15, 0.2) is 36.4 Å². The number of carbonyl (C=O) groups is 2. The number of methoxy groups -OCH3 is 2. The number of rotatable bonds is 7. The molecular weight excluding hydrogens is 358 g/mol. The van der Waals surface area contributed by atoms with Gasteiger partial charge in [0.15, 0.2) is 0 Å². The number of nitrogens with zero attached hydrogens (tertiary/aromatic N) is 1. The van der Waals surface area contributed by atoms with Gasteiger partial charge < -0.3 is 19.7 Å². The van der Waals surface area contributed by atoms with Gasteiger partial charge in [-0.05, 0) is 24.3 Å². The first-order valence-electron chi connectivity index (χ1n) is 8.12. The van der Waals surface area contributed by atoms with E-state index in [-0.39, 0.29) is 18.7 Å². The van der Waals surface area contributed by atoms with Gasteiger partial charge in [0.1, 0.15) is 34.4 Å². The van der Waals surface area contributed by atoms with E-state index in [1.165, 1.54) is 27.2 Å². The molecule has 0 fully saturated rings. The van der Waals surface area contributed by atoms with Crippen LogP contribution < -0.4 is 19.7 Å². The Kier molecular flexibility index (Phi) is 6.70. The summed E-state index contributed by atoms with van der Waals surface area (Å²) in [7, 11) is 2.84. The van der Waals surface area contributed by atoms with Crippen LogP contribution in [0, 0.1) is 11.6 Å². The fraction of sp³-hybridized carbons (Fsp3) is 0.263. The third kappa shape index (κ3) is 4.52. The van der Waals surface area contributed by atoms with Gasteiger partial charge in [-0.1, -0.05) is 12.1 Å². The number of carbonyl (C=O) groups excluding carboxylic acids is 2. The maximum Gasteiger partial charge on any atom is 0.258 e. The molecule has 6 nitrogen and oxygen atoms in total. The normalized spacial score (nSPS) is 10.3. The summed E-state index contributed by atoms with van der Waals surface area (Å²) in [5.41, 5.74) is -0.261. The second kappa shape index (κ2) is 8.98. The number of hydrogen-bond acceptors (Lipinski definition) is 4. The van der Waals surface area contributed by atoms with E-state index in [4.69, 9.17) is 9.47 Å². The highest BCUT2D eigenvalue weighted by atomic mass is 19.1. The maximum atomic E-state index is 14.0. The molecule has 0 saturated carbocycles. The van der Waals surface area contributed by atoms with Crippen LogP contribution in [-0.2, 0) is 4.79 Å². The van der Waals surface area contributed by atoms with Crippen molar-refractivity contribution in [1.29, 1.82) is 0 Å². The number of amides is 2. The van der Waals surface area contributed by atoms with Crippen molar-refractivity contribution in [3.8, 4) is 11.5 Å². The lowest BCUT2D eigenvalue weighted by Crippen LogP contribution is -2.38. The Labute approximate surface area is 155 Å². The molecule has 0 aliphatic rings. The van der Waals surface area contributed by atoms with E-state index in [1.807, 2.05) is 0 Å². The number of para-hydroxylation sites is 1. The molecule has 1 N–H and O–H groups in total. The third-order valence-corrected chi connectivity index (χ3v) is 3.86. The van der Waals surface area contributed by atoms with Crippen molar-refractivity contribution in [3.05, 3.63) is 53.6 Å². The highest BCUT2D eigenvalue weighted by Crippen LogP contribution is 2.28. The average molecular weight is 378 g/mol. The summed E-state index contributed by atoms with van der Waals surface area (Å²) in [6.45, 7) is 1.04. The fourth-order valence-electron chi connectivity index (χ4n) is 2.62. The number of hydrogen-bond donors (Lipinski definition) is 1. The highest BCUT2D eigenvalue weighted by Gasteiger charge is 2.21. The first-order chi connectivity index (χ1) is 12.9. The van der Waals surface area contributed by atoms with Gasteiger partial charge in [0, 0.05) is 20.0 Å². The van der Waals surface area contributed by atoms with Crippen molar-refractivity contribution in [2.45, 2.75) is 6.92 Å². The molecule has 8 heteroatoms. The van der Waals surface area contributed by atoms with Crippen LogP contribution in [0.2, 0.25) is 0 Å². The molecule has 144 valence electrons. The second-order valence-electron chi connectivity index (χ2n) is 5.53. The van der Waals surface area contributed by atoms with E-state index < -0.39 is 29.1 Å². The Hall–Kier alpha value is -3.16. The van der Waals surface area contributed by atoms with Crippen molar-refractivity contribution in [2.75, 3.05) is 32.2 Å². The van der Waals surface area contributed by atoms with E-state index in [9.17, 15) is 18.4 Å². The smallest absolute Gasteiger partial charge is 0.258 e. The minimum atomic E-state index is -0.858. The Morgan fingerprint density at radius 2 is 1.52 bits per heavy atom. The molecule has 0 aliphatic heterocycles. The first kappa shape index (κ1) is 20.2. The highest BCUT2D eigenvalue weighted by molar-refractivity contribution is 6.00. The van der Waals surface area contributed by atoms with E-state index >= 15 is 0 Å². The predicted molar refractivity (Wildman–Crippen MR) is 96.3 cm³/mol. The van der Waals surface area contributed by atoms with Crippen LogP contribution in [0.1, 0.15) is 17.3 Å². The lowest BCUT2D eigenvalue weighted by molar-refractivity contribution is -0.116. The van der Waals surface area contributed by atoms with Gasteiger partial charge in [-0.3, -0.25) is 9.59 Å². The fourth-order valence-corrected chi connectivity index (χ4v) is 2.62. The molecule has 0 atom stereocenters. The summed E-state index contributed by atoms with van der Waals surface area (Å²) in [5.74, 6) is -2.14. The van der Waals surface area contributed by atoms with Crippen LogP contribution in [0.5, 0.6) is 11.5 Å². The average Bonchev–Trinajstić information content (AvgIpc) is 2.65. The topological polar surface area (TPSA) is 67.9 Å². The third-order valence-electron chi connectivity index (χ3n) is 3.86. The second-order valence-corrected chi connectivity index (χ2v) is 5.53. The van der Waals surface area contributed by atoms with Gasteiger partial charge in [0.05, 0.1) is 14.2 Å². The summed E-state index contributed by atoms with van der Waals surface area (Å²) in [6.07, 6.45) is 0. The Morgan fingerprint density at radius 1 is 1.00 bits per heavy atom. The molecular formula is C19H20F2N2O4. The lowest BCUT2D eigenvalue weighted by atomic mass is 10.1. The number of nitrogens with one attached hydrogen (secondary N) is 1. The zero-order valence-electron chi connectivity index (χ0n) is 15.2. The monoisotopic (exact) mass is 378 g/mol. The molecule has 0 aliphatic carbocycles. The minimum Gasteiger partial charge on any atom is -0.496 e. The molecule has 0 aromatic heterocycles. The van der Waals surface area contributed by atoms with Crippen molar-refractivity contribution in [3.63, 3.8) is 0 Å². The van der Waals surface area contributed by atoms with Gasteiger partial charge in [-0.15, -0.1) is 0 Å². The Bertz CT molecular complexity index is 800. The molecule has 0 heterocycles.